The number of piperidine rings is 1. The second kappa shape index (κ2) is 8.94. The van der Waals surface area contributed by atoms with Gasteiger partial charge < -0.3 is 10.2 Å². The number of amides is 2. The van der Waals surface area contributed by atoms with E-state index >= 15 is 0 Å². The maximum atomic E-state index is 13.1. The maximum absolute atomic E-state index is 13.1. The van der Waals surface area contributed by atoms with Gasteiger partial charge in [-0.05, 0) is 49.9 Å². The lowest BCUT2D eigenvalue weighted by Gasteiger charge is -2.27. The van der Waals surface area contributed by atoms with Crippen molar-refractivity contribution < 1.29 is 9.59 Å². The monoisotopic (exact) mass is 437 g/mol. The van der Waals surface area contributed by atoms with Crippen molar-refractivity contribution in [3.05, 3.63) is 75.0 Å². The van der Waals surface area contributed by atoms with Crippen LogP contribution in [0.3, 0.4) is 0 Å². The van der Waals surface area contributed by atoms with Gasteiger partial charge in [-0.25, -0.2) is 0 Å². The molecule has 2 heterocycles. The fourth-order valence-corrected chi connectivity index (χ4v) is 4.19. The summed E-state index contributed by atoms with van der Waals surface area (Å²) in [6, 6.07) is 13.8. The van der Waals surface area contributed by atoms with Crippen LogP contribution in [0, 0.1) is 6.92 Å². The zero-order valence-electron chi connectivity index (χ0n) is 17.4. The summed E-state index contributed by atoms with van der Waals surface area (Å²) in [5.41, 5.74) is 1.94. The Morgan fingerprint density at radius 3 is 2.55 bits per heavy atom. The van der Waals surface area contributed by atoms with E-state index in [1.807, 2.05) is 24.0 Å². The topological polar surface area (TPSA) is 71.4 Å². The second-order valence-corrected chi connectivity index (χ2v) is 8.22. The largest absolute Gasteiger partial charge is 0.339 e. The lowest BCUT2D eigenvalue weighted by atomic mass is 10.0. The van der Waals surface area contributed by atoms with Crippen molar-refractivity contribution in [2.45, 2.75) is 32.7 Å². The number of halogens is 1. The van der Waals surface area contributed by atoms with Crippen LogP contribution in [0.5, 0.6) is 0 Å². The molecule has 0 saturated carbocycles. The zero-order chi connectivity index (χ0) is 22.0. The molecule has 1 aliphatic rings. The summed E-state index contributed by atoms with van der Waals surface area (Å²) in [4.78, 5) is 40.6. The molecule has 1 aromatic heterocycles. The molecule has 1 aliphatic heterocycles. The average Bonchev–Trinajstić information content (AvgIpc) is 2.79. The number of carbonyl (C=O) groups is 2. The predicted molar refractivity (Wildman–Crippen MR) is 123 cm³/mol. The number of likely N-dealkylation sites (tertiary alicyclic amines) is 1. The quantitative estimate of drug-likeness (QED) is 0.664. The maximum Gasteiger partial charge on any atom is 0.254 e. The fraction of sp³-hybridized carbons (Fsp3) is 0.292. The molecule has 1 saturated heterocycles. The first-order valence-corrected chi connectivity index (χ1v) is 10.8. The molecule has 0 unspecified atom stereocenters. The van der Waals surface area contributed by atoms with Gasteiger partial charge in [0.15, 0.2) is 0 Å². The number of nitrogens with zero attached hydrogens (tertiary/aromatic N) is 2. The Labute approximate surface area is 185 Å². The minimum Gasteiger partial charge on any atom is -0.339 e. The van der Waals surface area contributed by atoms with Crippen LogP contribution in [0.4, 0.5) is 5.69 Å². The van der Waals surface area contributed by atoms with E-state index in [2.05, 4.69) is 5.32 Å². The number of para-hydroxylation sites is 1. The fourth-order valence-electron chi connectivity index (χ4n) is 4.02. The smallest absolute Gasteiger partial charge is 0.254 e. The minimum absolute atomic E-state index is 0.126. The van der Waals surface area contributed by atoms with Crippen LogP contribution in [0.15, 0.2) is 53.3 Å². The Morgan fingerprint density at radius 2 is 1.77 bits per heavy atom. The number of benzene rings is 2. The third-order valence-corrected chi connectivity index (χ3v) is 6.15. The van der Waals surface area contributed by atoms with Gasteiger partial charge in [0, 0.05) is 35.3 Å². The number of fused-ring (bicyclic) bond motifs is 1. The van der Waals surface area contributed by atoms with Crippen molar-refractivity contribution in [3.8, 4) is 0 Å². The van der Waals surface area contributed by atoms with E-state index in [0.29, 0.717) is 40.3 Å². The molecule has 0 atom stereocenters. The van der Waals surface area contributed by atoms with Crippen molar-refractivity contribution in [3.63, 3.8) is 0 Å². The van der Waals surface area contributed by atoms with E-state index in [1.165, 1.54) is 10.6 Å². The number of rotatable bonds is 4. The van der Waals surface area contributed by atoms with Crippen LogP contribution < -0.4 is 10.9 Å². The number of hydrogen-bond donors (Lipinski definition) is 1. The number of pyridine rings is 1. The number of nitrogens with one attached hydrogen (secondary N) is 1. The Morgan fingerprint density at radius 1 is 1.03 bits per heavy atom. The third kappa shape index (κ3) is 4.35. The van der Waals surface area contributed by atoms with Gasteiger partial charge in [0.25, 0.3) is 11.5 Å². The summed E-state index contributed by atoms with van der Waals surface area (Å²) < 4.78 is 1.40. The van der Waals surface area contributed by atoms with E-state index in [9.17, 15) is 14.4 Å². The molecular weight excluding hydrogens is 414 g/mol. The molecular formula is C24H24ClN3O3. The zero-order valence-corrected chi connectivity index (χ0v) is 18.1. The Bertz CT molecular complexity index is 1210. The normalized spacial score (nSPS) is 13.9. The Balaban J connectivity index is 1.67. The molecule has 31 heavy (non-hydrogen) atoms. The van der Waals surface area contributed by atoms with Gasteiger partial charge in [0.2, 0.25) is 5.91 Å². The molecule has 0 spiro atoms. The van der Waals surface area contributed by atoms with Gasteiger partial charge in [0.05, 0.1) is 11.1 Å². The van der Waals surface area contributed by atoms with E-state index < -0.39 is 0 Å². The second-order valence-electron chi connectivity index (χ2n) is 7.81. The van der Waals surface area contributed by atoms with E-state index in [1.54, 1.807) is 30.3 Å². The van der Waals surface area contributed by atoms with Crippen LogP contribution in [0.25, 0.3) is 10.9 Å². The highest BCUT2D eigenvalue weighted by molar-refractivity contribution is 6.31. The molecule has 1 fully saturated rings. The molecule has 160 valence electrons. The summed E-state index contributed by atoms with van der Waals surface area (Å²) in [5, 5.41) is 4.05. The molecule has 0 bridgehead atoms. The highest BCUT2D eigenvalue weighted by Crippen LogP contribution is 2.24. The van der Waals surface area contributed by atoms with Crippen LogP contribution >= 0.6 is 11.6 Å². The molecule has 0 aliphatic carbocycles. The lowest BCUT2D eigenvalue weighted by Crippen LogP contribution is -2.37. The van der Waals surface area contributed by atoms with Gasteiger partial charge >= 0.3 is 0 Å². The summed E-state index contributed by atoms with van der Waals surface area (Å²) in [5.74, 6) is -0.466. The van der Waals surface area contributed by atoms with Gasteiger partial charge in [-0.15, -0.1) is 0 Å². The van der Waals surface area contributed by atoms with Crippen molar-refractivity contribution in [2.75, 3.05) is 18.4 Å². The van der Waals surface area contributed by atoms with Crippen molar-refractivity contribution in [2.24, 2.45) is 0 Å². The number of aromatic nitrogens is 1. The van der Waals surface area contributed by atoms with Crippen LogP contribution in [-0.2, 0) is 11.3 Å². The Kier molecular flexibility index (Phi) is 6.09. The molecule has 7 heteroatoms. The molecule has 4 rings (SSSR count). The SMILES string of the molecule is Cc1c(Cl)cccc1NC(=O)Cn1c(=O)cc(C(=O)N2CCCCC2)c2ccccc21. The molecule has 2 aromatic carbocycles. The van der Waals surface area contributed by atoms with Crippen molar-refractivity contribution in [1.82, 2.24) is 9.47 Å². The molecule has 1 N–H and O–H groups in total. The predicted octanol–water partition coefficient (Wildman–Crippen LogP) is 4.23. The molecule has 6 nitrogen and oxygen atoms in total. The highest BCUT2D eigenvalue weighted by Gasteiger charge is 2.22. The average molecular weight is 438 g/mol. The minimum atomic E-state index is -0.378. The van der Waals surface area contributed by atoms with Gasteiger partial charge in [-0.3, -0.25) is 19.0 Å². The van der Waals surface area contributed by atoms with E-state index in [0.717, 1.165) is 24.8 Å². The summed E-state index contributed by atoms with van der Waals surface area (Å²) in [6.07, 6.45) is 3.07. The summed E-state index contributed by atoms with van der Waals surface area (Å²) in [6.45, 7) is 3.07. The van der Waals surface area contributed by atoms with E-state index in [4.69, 9.17) is 11.6 Å². The van der Waals surface area contributed by atoms with Gasteiger partial charge in [0.1, 0.15) is 6.54 Å². The number of carbonyl (C=O) groups excluding carboxylic acids is 2. The third-order valence-electron chi connectivity index (χ3n) is 5.74. The van der Waals surface area contributed by atoms with Crippen LogP contribution in [-0.4, -0.2) is 34.4 Å². The highest BCUT2D eigenvalue weighted by atomic mass is 35.5. The molecule has 3 aromatic rings. The summed E-state index contributed by atoms with van der Waals surface area (Å²) in [7, 11) is 0. The van der Waals surface area contributed by atoms with Crippen molar-refractivity contribution in [1.29, 1.82) is 0 Å². The first-order valence-electron chi connectivity index (χ1n) is 10.4. The summed E-state index contributed by atoms with van der Waals surface area (Å²) >= 11 is 6.13. The first kappa shape index (κ1) is 21.1. The van der Waals surface area contributed by atoms with Crippen molar-refractivity contribution >= 4 is 40.0 Å². The first-order chi connectivity index (χ1) is 15.0. The van der Waals surface area contributed by atoms with Gasteiger partial charge in [-0.2, -0.15) is 0 Å². The number of anilines is 1. The number of hydrogen-bond acceptors (Lipinski definition) is 3. The molecule has 0 radical (unpaired) electrons. The Hall–Kier alpha value is -3.12. The molecule has 2 amide bonds. The van der Waals surface area contributed by atoms with Gasteiger partial charge in [-0.1, -0.05) is 35.9 Å². The lowest BCUT2D eigenvalue weighted by molar-refractivity contribution is -0.116. The van der Waals surface area contributed by atoms with Crippen LogP contribution in [0.2, 0.25) is 5.02 Å². The van der Waals surface area contributed by atoms with Crippen LogP contribution in [0.1, 0.15) is 35.2 Å². The van der Waals surface area contributed by atoms with E-state index in [-0.39, 0.29) is 23.9 Å². The standard InChI is InChI=1S/C24H24ClN3O3/c1-16-19(25)9-7-10-20(16)26-22(29)15-28-21-11-4-3-8-17(21)18(14-23(28)30)24(31)27-12-5-2-6-13-27/h3-4,7-11,14H,2,5-6,12-13,15H2,1H3,(H,26,29).